The second-order valence-electron chi connectivity index (χ2n) is 5.17. The minimum absolute atomic E-state index is 0.199. The van der Waals surface area contributed by atoms with Crippen LogP contribution in [0.25, 0.3) is 0 Å². The smallest absolute Gasteiger partial charge is 0.230 e. The van der Waals surface area contributed by atoms with Gasteiger partial charge < -0.3 is 15.5 Å². The molecule has 106 valence electrons. The van der Waals surface area contributed by atoms with E-state index in [4.69, 9.17) is 6.42 Å². The van der Waals surface area contributed by atoms with Gasteiger partial charge in [0.25, 0.3) is 0 Å². The highest BCUT2D eigenvalue weighted by Gasteiger charge is 2.41. The molecule has 0 saturated heterocycles. The van der Waals surface area contributed by atoms with Crippen LogP contribution in [0.1, 0.15) is 25.7 Å². The van der Waals surface area contributed by atoms with Gasteiger partial charge in [-0.3, -0.25) is 9.79 Å². The summed E-state index contributed by atoms with van der Waals surface area (Å²) in [5.41, 5.74) is -0.294. The molecular formula is C14H24N4O. The molecule has 0 bridgehead atoms. The lowest BCUT2D eigenvalue weighted by molar-refractivity contribution is -0.138. The Morgan fingerprint density at radius 3 is 2.47 bits per heavy atom. The molecule has 5 heteroatoms. The monoisotopic (exact) mass is 264 g/mol. The Morgan fingerprint density at radius 1 is 1.37 bits per heavy atom. The van der Waals surface area contributed by atoms with E-state index in [0.717, 1.165) is 25.7 Å². The summed E-state index contributed by atoms with van der Waals surface area (Å²) in [6.07, 6.45) is 9.29. The summed E-state index contributed by atoms with van der Waals surface area (Å²) in [6, 6.07) is 0. The molecule has 2 N–H and O–H groups in total. The Balaban J connectivity index is 2.65. The molecule has 0 spiro atoms. The maximum Gasteiger partial charge on any atom is 0.230 e. The van der Waals surface area contributed by atoms with Gasteiger partial charge in [0.2, 0.25) is 5.91 Å². The van der Waals surface area contributed by atoms with E-state index in [1.54, 1.807) is 11.9 Å². The summed E-state index contributed by atoms with van der Waals surface area (Å²) in [4.78, 5) is 18.2. The average molecular weight is 264 g/mol. The van der Waals surface area contributed by atoms with Crippen LogP contribution in [0.5, 0.6) is 0 Å². The Bertz CT molecular complexity index is 375. The van der Waals surface area contributed by atoms with Crippen molar-refractivity contribution in [1.29, 1.82) is 0 Å². The van der Waals surface area contributed by atoms with Gasteiger partial charge >= 0.3 is 0 Å². The zero-order valence-electron chi connectivity index (χ0n) is 12.1. The van der Waals surface area contributed by atoms with Gasteiger partial charge in [0.05, 0.1) is 12.0 Å². The molecular weight excluding hydrogens is 240 g/mol. The highest BCUT2D eigenvalue weighted by atomic mass is 16.2. The number of nitrogens with one attached hydrogen (secondary N) is 2. The topological polar surface area (TPSA) is 56.7 Å². The summed E-state index contributed by atoms with van der Waals surface area (Å²) in [5.74, 6) is 3.35. The SMILES string of the molecule is C#CCNC(=NC)NCC1(C(=O)N(C)C)CCCC1. The van der Waals surface area contributed by atoms with Crippen molar-refractivity contribution < 1.29 is 4.79 Å². The molecule has 0 aliphatic heterocycles. The molecule has 19 heavy (non-hydrogen) atoms. The van der Waals surface area contributed by atoms with Gasteiger partial charge in [0.1, 0.15) is 0 Å². The number of amides is 1. The van der Waals surface area contributed by atoms with E-state index in [9.17, 15) is 4.79 Å². The third-order valence-corrected chi connectivity index (χ3v) is 3.60. The molecule has 0 aromatic carbocycles. The Morgan fingerprint density at radius 2 is 2.00 bits per heavy atom. The van der Waals surface area contributed by atoms with Gasteiger partial charge in [0, 0.05) is 27.7 Å². The van der Waals surface area contributed by atoms with Crippen LogP contribution in [0, 0.1) is 17.8 Å². The first-order valence-corrected chi connectivity index (χ1v) is 6.65. The first-order chi connectivity index (χ1) is 9.05. The number of hydrogen-bond acceptors (Lipinski definition) is 2. The second-order valence-corrected chi connectivity index (χ2v) is 5.17. The summed E-state index contributed by atoms with van der Waals surface area (Å²) in [5, 5.41) is 6.22. The zero-order chi connectivity index (χ0) is 14.3. The van der Waals surface area contributed by atoms with Crippen molar-refractivity contribution in [1.82, 2.24) is 15.5 Å². The van der Waals surface area contributed by atoms with Crippen molar-refractivity contribution in [3.63, 3.8) is 0 Å². The molecule has 0 atom stereocenters. The minimum atomic E-state index is -0.294. The number of carbonyl (C=O) groups is 1. The standard InChI is InChI=1S/C14H24N4O/c1-5-10-16-13(15-2)17-11-14(8-6-7-9-14)12(19)18(3)4/h1H,6-11H2,2-4H3,(H2,15,16,17). The lowest BCUT2D eigenvalue weighted by atomic mass is 9.84. The van der Waals surface area contributed by atoms with Gasteiger partial charge in [-0.25, -0.2) is 0 Å². The normalized spacial score (nSPS) is 17.7. The number of rotatable bonds is 4. The van der Waals surface area contributed by atoms with Crippen molar-refractivity contribution >= 4 is 11.9 Å². The third kappa shape index (κ3) is 3.88. The van der Waals surface area contributed by atoms with Gasteiger partial charge in [-0.15, -0.1) is 6.42 Å². The summed E-state index contributed by atoms with van der Waals surface area (Å²) >= 11 is 0. The molecule has 1 aliphatic carbocycles. The molecule has 5 nitrogen and oxygen atoms in total. The van der Waals surface area contributed by atoms with E-state index in [0.29, 0.717) is 19.0 Å². The van der Waals surface area contributed by atoms with Crippen LogP contribution in [0.2, 0.25) is 0 Å². The molecule has 0 radical (unpaired) electrons. The molecule has 0 heterocycles. The van der Waals surface area contributed by atoms with E-state index in [-0.39, 0.29) is 11.3 Å². The maximum atomic E-state index is 12.4. The molecule has 1 amide bonds. The number of guanidine groups is 1. The van der Waals surface area contributed by atoms with E-state index in [1.807, 2.05) is 14.1 Å². The van der Waals surface area contributed by atoms with Crippen molar-refractivity contribution in [3.05, 3.63) is 0 Å². The van der Waals surface area contributed by atoms with E-state index >= 15 is 0 Å². The maximum absolute atomic E-state index is 12.4. The van der Waals surface area contributed by atoms with Gasteiger partial charge in [-0.05, 0) is 12.8 Å². The largest absolute Gasteiger partial charge is 0.355 e. The summed E-state index contributed by atoms with van der Waals surface area (Å²) < 4.78 is 0. The predicted molar refractivity (Wildman–Crippen MR) is 77.8 cm³/mol. The van der Waals surface area contributed by atoms with Crippen LogP contribution in [-0.2, 0) is 4.79 Å². The molecule has 1 saturated carbocycles. The molecule has 0 unspecified atom stereocenters. The zero-order valence-corrected chi connectivity index (χ0v) is 12.1. The fraction of sp³-hybridized carbons (Fsp3) is 0.714. The van der Waals surface area contributed by atoms with Gasteiger partial charge in [0.15, 0.2) is 5.96 Å². The molecule has 1 rings (SSSR count). The Labute approximate surface area is 115 Å². The average Bonchev–Trinajstić information content (AvgIpc) is 2.88. The fourth-order valence-electron chi connectivity index (χ4n) is 2.60. The van der Waals surface area contributed by atoms with Crippen molar-refractivity contribution in [2.45, 2.75) is 25.7 Å². The number of hydrogen-bond donors (Lipinski definition) is 2. The van der Waals surface area contributed by atoms with Crippen molar-refractivity contribution in [2.75, 3.05) is 34.2 Å². The summed E-state index contributed by atoms with van der Waals surface area (Å²) in [6.45, 7) is 1.03. The number of terminal acetylenes is 1. The van der Waals surface area contributed by atoms with Crippen LogP contribution in [-0.4, -0.2) is 51.0 Å². The van der Waals surface area contributed by atoms with Gasteiger partial charge in [-0.1, -0.05) is 18.8 Å². The minimum Gasteiger partial charge on any atom is -0.355 e. The number of aliphatic imine (C=N–C) groups is 1. The Kier molecular flexibility index (Phi) is 5.68. The predicted octanol–water partition coefficient (Wildman–Crippen LogP) is 0.433. The molecule has 0 aromatic heterocycles. The lowest BCUT2D eigenvalue weighted by Gasteiger charge is -2.31. The Hall–Kier alpha value is -1.70. The third-order valence-electron chi connectivity index (χ3n) is 3.60. The van der Waals surface area contributed by atoms with Crippen LogP contribution >= 0.6 is 0 Å². The van der Waals surface area contributed by atoms with Gasteiger partial charge in [-0.2, -0.15) is 0 Å². The van der Waals surface area contributed by atoms with Crippen molar-refractivity contribution in [3.8, 4) is 12.3 Å². The molecule has 1 aliphatic rings. The lowest BCUT2D eigenvalue weighted by Crippen LogP contribution is -2.49. The highest BCUT2D eigenvalue weighted by Crippen LogP contribution is 2.38. The first-order valence-electron chi connectivity index (χ1n) is 6.65. The van der Waals surface area contributed by atoms with Crippen molar-refractivity contribution in [2.24, 2.45) is 10.4 Å². The van der Waals surface area contributed by atoms with E-state index in [1.165, 1.54) is 0 Å². The number of carbonyl (C=O) groups excluding carboxylic acids is 1. The van der Waals surface area contributed by atoms with E-state index < -0.39 is 0 Å². The highest BCUT2D eigenvalue weighted by molar-refractivity contribution is 5.85. The van der Waals surface area contributed by atoms with Crippen LogP contribution < -0.4 is 10.6 Å². The van der Waals surface area contributed by atoms with Crippen LogP contribution in [0.15, 0.2) is 4.99 Å². The molecule has 0 aromatic rings. The quantitative estimate of drug-likeness (QED) is 0.440. The number of nitrogens with zero attached hydrogens (tertiary/aromatic N) is 2. The molecule has 1 fully saturated rings. The fourth-order valence-corrected chi connectivity index (χ4v) is 2.60. The van der Waals surface area contributed by atoms with Crippen LogP contribution in [0.4, 0.5) is 0 Å². The van der Waals surface area contributed by atoms with Crippen LogP contribution in [0.3, 0.4) is 0 Å². The second kappa shape index (κ2) is 7.03. The first kappa shape index (κ1) is 15.4. The van der Waals surface area contributed by atoms with E-state index in [2.05, 4.69) is 21.5 Å². The summed E-state index contributed by atoms with van der Waals surface area (Å²) in [7, 11) is 5.32.